The number of benzene rings is 1. The average molecular weight is 522 g/mol. The fourth-order valence-corrected chi connectivity index (χ4v) is 4.40. The van der Waals surface area contributed by atoms with Gasteiger partial charge in [-0.05, 0) is 62.3 Å². The smallest absolute Gasteiger partial charge is 0.240 e. The van der Waals surface area contributed by atoms with Gasteiger partial charge in [-0.3, -0.25) is 0 Å². The molecule has 0 unspecified atom stereocenters. The Bertz CT molecular complexity index is 729. The Balaban J connectivity index is 0.00000392. The molecule has 0 spiro atoms. The molecule has 0 bridgehead atoms. The lowest BCUT2D eigenvalue weighted by atomic mass is 9.64. The van der Waals surface area contributed by atoms with Crippen LogP contribution in [0, 0.1) is 11.3 Å². The highest BCUT2D eigenvalue weighted by Crippen LogP contribution is 2.45. The molecular weight excluding hydrogens is 487 g/mol. The van der Waals surface area contributed by atoms with Crippen LogP contribution in [0.5, 0.6) is 0 Å². The van der Waals surface area contributed by atoms with Gasteiger partial charge in [-0.1, -0.05) is 32.4 Å². The SMILES string of the molecule is CCNC(=NCc1ccc(S(=O)(=O)NC)cc1)NCC1(CC(C)C)CCC1.I. The zero-order valence-corrected chi connectivity index (χ0v) is 20.6. The Morgan fingerprint density at radius 3 is 2.29 bits per heavy atom. The van der Waals surface area contributed by atoms with Crippen molar-refractivity contribution in [2.75, 3.05) is 20.1 Å². The molecule has 6 nitrogen and oxygen atoms in total. The molecule has 1 saturated carbocycles. The Hall–Kier alpha value is -0.870. The van der Waals surface area contributed by atoms with Gasteiger partial charge < -0.3 is 10.6 Å². The van der Waals surface area contributed by atoms with Crippen molar-refractivity contribution in [3.8, 4) is 0 Å². The van der Waals surface area contributed by atoms with Crippen molar-refractivity contribution in [3.63, 3.8) is 0 Å². The number of nitrogens with one attached hydrogen (secondary N) is 3. The molecule has 0 radical (unpaired) electrons. The number of halogens is 1. The highest BCUT2D eigenvalue weighted by molar-refractivity contribution is 14.0. The Kier molecular flexibility index (Phi) is 10.2. The monoisotopic (exact) mass is 522 g/mol. The van der Waals surface area contributed by atoms with Crippen molar-refractivity contribution in [3.05, 3.63) is 29.8 Å². The van der Waals surface area contributed by atoms with Crippen LogP contribution in [0.3, 0.4) is 0 Å². The van der Waals surface area contributed by atoms with Crippen LogP contribution in [0.15, 0.2) is 34.2 Å². The van der Waals surface area contributed by atoms with Crippen LogP contribution in [0.25, 0.3) is 0 Å². The fourth-order valence-electron chi connectivity index (χ4n) is 3.67. The highest BCUT2D eigenvalue weighted by Gasteiger charge is 2.37. The van der Waals surface area contributed by atoms with Gasteiger partial charge in [0.15, 0.2) is 5.96 Å². The maximum Gasteiger partial charge on any atom is 0.240 e. The zero-order chi connectivity index (χ0) is 19.9. The van der Waals surface area contributed by atoms with E-state index in [0.717, 1.165) is 24.6 Å². The molecule has 0 atom stereocenters. The number of rotatable bonds is 9. The van der Waals surface area contributed by atoms with Crippen LogP contribution >= 0.6 is 24.0 Å². The number of hydrogen-bond donors (Lipinski definition) is 3. The number of nitrogens with zero attached hydrogens (tertiary/aromatic N) is 1. The van der Waals surface area contributed by atoms with E-state index in [1.165, 1.54) is 32.7 Å². The summed E-state index contributed by atoms with van der Waals surface area (Å²) < 4.78 is 25.9. The normalized spacial score (nSPS) is 16.2. The topological polar surface area (TPSA) is 82.6 Å². The van der Waals surface area contributed by atoms with Crippen molar-refractivity contribution in [1.82, 2.24) is 15.4 Å². The van der Waals surface area contributed by atoms with Crippen LogP contribution in [-0.2, 0) is 16.6 Å². The Morgan fingerprint density at radius 2 is 1.82 bits per heavy atom. The van der Waals surface area contributed by atoms with Crippen LogP contribution in [0.4, 0.5) is 0 Å². The molecule has 1 aromatic carbocycles. The van der Waals surface area contributed by atoms with E-state index in [2.05, 4.69) is 41.1 Å². The summed E-state index contributed by atoms with van der Waals surface area (Å²) in [4.78, 5) is 4.93. The van der Waals surface area contributed by atoms with Gasteiger partial charge in [0.1, 0.15) is 0 Å². The minimum atomic E-state index is -3.40. The van der Waals surface area contributed by atoms with E-state index in [-0.39, 0.29) is 28.9 Å². The molecule has 0 amide bonds. The molecule has 0 aliphatic heterocycles. The van der Waals surface area contributed by atoms with Crippen molar-refractivity contribution in [2.24, 2.45) is 16.3 Å². The Labute approximate surface area is 187 Å². The third kappa shape index (κ3) is 7.18. The molecule has 0 aromatic heterocycles. The van der Waals surface area contributed by atoms with Crippen LogP contribution < -0.4 is 15.4 Å². The summed E-state index contributed by atoms with van der Waals surface area (Å²) in [5.41, 5.74) is 1.39. The molecule has 0 heterocycles. The molecule has 2 rings (SSSR count). The third-order valence-electron chi connectivity index (χ3n) is 5.15. The molecule has 28 heavy (non-hydrogen) atoms. The van der Waals surface area contributed by atoms with Crippen molar-refractivity contribution >= 4 is 40.0 Å². The van der Waals surface area contributed by atoms with Gasteiger partial charge in [-0.15, -0.1) is 24.0 Å². The second-order valence-electron chi connectivity index (χ2n) is 7.85. The maximum atomic E-state index is 11.8. The van der Waals surface area contributed by atoms with E-state index in [0.29, 0.717) is 17.9 Å². The largest absolute Gasteiger partial charge is 0.357 e. The van der Waals surface area contributed by atoms with Crippen molar-refractivity contribution in [2.45, 2.75) is 57.9 Å². The standard InChI is InChI=1S/C20H34N4O2S.HI/c1-5-22-19(24-15-20(11-6-12-20)13-16(2)3)23-14-17-7-9-18(10-8-17)27(25,26)21-4;/h7-10,16,21H,5-6,11-15H2,1-4H3,(H2,22,23,24);1H. The van der Waals surface area contributed by atoms with Gasteiger partial charge in [0.05, 0.1) is 11.4 Å². The van der Waals surface area contributed by atoms with Gasteiger partial charge in [0.2, 0.25) is 10.0 Å². The van der Waals surface area contributed by atoms with Gasteiger partial charge in [0, 0.05) is 13.1 Å². The summed E-state index contributed by atoms with van der Waals surface area (Å²) in [7, 11) is -1.98. The molecule has 1 aromatic rings. The first-order valence-corrected chi connectivity index (χ1v) is 11.3. The number of sulfonamides is 1. The summed E-state index contributed by atoms with van der Waals surface area (Å²) in [6.45, 7) is 8.90. The van der Waals surface area contributed by atoms with Crippen LogP contribution in [-0.4, -0.2) is 34.5 Å². The summed E-state index contributed by atoms with van der Waals surface area (Å²) in [6, 6.07) is 6.85. The molecular formula is C20H35IN4O2S. The van der Waals surface area contributed by atoms with Crippen LogP contribution in [0.2, 0.25) is 0 Å². The summed E-state index contributed by atoms with van der Waals surface area (Å²) in [5, 5.41) is 6.82. The molecule has 8 heteroatoms. The highest BCUT2D eigenvalue weighted by atomic mass is 127. The maximum absolute atomic E-state index is 11.8. The van der Waals surface area contributed by atoms with Crippen LogP contribution in [0.1, 0.15) is 52.0 Å². The predicted molar refractivity (Wildman–Crippen MR) is 127 cm³/mol. The Morgan fingerprint density at radius 1 is 1.18 bits per heavy atom. The second kappa shape index (κ2) is 11.3. The molecule has 1 fully saturated rings. The van der Waals surface area contributed by atoms with E-state index >= 15 is 0 Å². The molecule has 1 aliphatic carbocycles. The van der Waals surface area contributed by atoms with E-state index in [1.54, 1.807) is 12.1 Å². The van der Waals surface area contributed by atoms with Gasteiger partial charge in [-0.25, -0.2) is 18.1 Å². The lowest BCUT2D eigenvalue weighted by Crippen LogP contribution is -2.47. The zero-order valence-electron chi connectivity index (χ0n) is 17.4. The molecule has 0 saturated heterocycles. The van der Waals surface area contributed by atoms with E-state index in [4.69, 9.17) is 0 Å². The van der Waals surface area contributed by atoms with E-state index in [1.807, 2.05) is 12.1 Å². The van der Waals surface area contributed by atoms with Crippen molar-refractivity contribution < 1.29 is 8.42 Å². The van der Waals surface area contributed by atoms with Gasteiger partial charge in [0.25, 0.3) is 0 Å². The van der Waals surface area contributed by atoms with Gasteiger partial charge in [-0.2, -0.15) is 0 Å². The first-order chi connectivity index (χ1) is 12.8. The van der Waals surface area contributed by atoms with Gasteiger partial charge >= 0.3 is 0 Å². The van der Waals surface area contributed by atoms with E-state index in [9.17, 15) is 8.42 Å². The summed E-state index contributed by atoms with van der Waals surface area (Å²) in [6.07, 6.45) is 5.16. The lowest BCUT2D eigenvalue weighted by molar-refractivity contribution is 0.104. The molecule has 1 aliphatic rings. The molecule has 3 N–H and O–H groups in total. The average Bonchev–Trinajstić information content (AvgIpc) is 2.61. The van der Waals surface area contributed by atoms with E-state index < -0.39 is 10.0 Å². The fraction of sp³-hybridized carbons (Fsp3) is 0.650. The first kappa shape index (κ1) is 25.2. The number of aliphatic imine (C=N–C) groups is 1. The quantitative estimate of drug-likeness (QED) is 0.264. The second-order valence-corrected chi connectivity index (χ2v) is 9.74. The first-order valence-electron chi connectivity index (χ1n) is 9.85. The molecule has 160 valence electrons. The predicted octanol–water partition coefficient (Wildman–Crippen LogP) is 3.48. The summed E-state index contributed by atoms with van der Waals surface area (Å²) >= 11 is 0. The minimum absolute atomic E-state index is 0. The number of hydrogen-bond acceptors (Lipinski definition) is 3. The third-order valence-corrected chi connectivity index (χ3v) is 6.58. The lowest BCUT2D eigenvalue weighted by Gasteiger charge is -2.43. The van der Waals surface area contributed by atoms with Crippen molar-refractivity contribution in [1.29, 1.82) is 0 Å². The minimum Gasteiger partial charge on any atom is -0.357 e. The summed E-state index contributed by atoms with van der Waals surface area (Å²) in [5.74, 6) is 1.53. The number of guanidine groups is 1.